The molecule has 0 unspecified atom stereocenters. The van der Waals surface area contributed by atoms with Crippen LogP contribution in [0.15, 0.2) is 54.6 Å². The summed E-state index contributed by atoms with van der Waals surface area (Å²) in [7, 11) is 3.79. The van der Waals surface area contributed by atoms with Crippen LogP contribution < -0.4 is 4.90 Å². The van der Waals surface area contributed by atoms with Crippen molar-refractivity contribution >= 4 is 11.6 Å². The third-order valence-corrected chi connectivity index (χ3v) is 3.66. The zero-order valence-corrected chi connectivity index (χ0v) is 12.9. The van der Waals surface area contributed by atoms with Gasteiger partial charge in [0.1, 0.15) is 0 Å². The van der Waals surface area contributed by atoms with Crippen molar-refractivity contribution in [1.29, 1.82) is 0 Å². The summed E-state index contributed by atoms with van der Waals surface area (Å²) >= 11 is 0. The number of para-hydroxylation sites is 1. The summed E-state index contributed by atoms with van der Waals surface area (Å²) in [5.74, 6) is 0.115. The van der Waals surface area contributed by atoms with Crippen molar-refractivity contribution in [2.45, 2.75) is 13.5 Å². The van der Waals surface area contributed by atoms with E-state index in [1.807, 2.05) is 61.5 Å². The van der Waals surface area contributed by atoms with Crippen molar-refractivity contribution in [1.82, 2.24) is 4.90 Å². The van der Waals surface area contributed by atoms with E-state index in [-0.39, 0.29) is 5.91 Å². The van der Waals surface area contributed by atoms with Gasteiger partial charge < -0.3 is 9.80 Å². The number of rotatable bonds is 5. The lowest BCUT2D eigenvalue weighted by Gasteiger charge is -2.24. The van der Waals surface area contributed by atoms with Crippen LogP contribution >= 0.6 is 0 Å². The molecule has 0 aromatic heterocycles. The summed E-state index contributed by atoms with van der Waals surface area (Å²) in [5.41, 5.74) is 3.46. The van der Waals surface area contributed by atoms with Crippen molar-refractivity contribution in [3.05, 3.63) is 65.7 Å². The van der Waals surface area contributed by atoms with E-state index in [4.69, 9.17) is 0 Å². The summed E-state index contributed by atoms with van der Waals surface area (Å²) in [4.78, 5) is 16.1. The van der Waals surface area contributed by atoms with Gasteiger partial charge in [0.05, 0.1) is 6.54 Å². The Balaban J connectivity index is 1.95. The number of aryl methyl sites for hydroxylation is 1. The monoisotopic (exact) mass is 282 g/mol. The molecule has 0 bridgehead atoms. The summed E-state index contributed by atoms with van der Waals surface area (Å²) < 4.78 is 0. The topological polar surface area (TPSA) is 23.6 Å². The maximum Gasteiger partial charge on any atom is 0.242 e. The zero-order chi connectivity index (χ0) is 15.2. The van der Waals surface area contributed by atoms with Gasteiger partial charge in [-0.05, 0) is 30.2 Å². The van der Waals surface area contributed by atoms with E-state index in [1.165, 1.54) is 11.1 Å². The second-order valence-electron chi connectivity index (χ2n) is 5.37. The zero-order valence-electron chi connectivity index (χ0n) is 12.9. The highest BCUT2D eigenvalue weighted by atomic mass is 16.2. The predicted octanol–water partition coefficient (Wildman–Crippen LogP) is 3.09. The Morgan fingerprint density at radius 2 is 1.57 bits per heavy atom. The number of likely N-dealkylation sites (N-methyl/N-ethyl adjacent to an activating group) is 2. The minimum Gasteiger partial charge on any atom is -0.365 e. The molecule has 0 fully saturated rings. The number of nitrogens with zero attached hydrogens (tertiary/aromatic N) is 2. The van der Waals surface area contributed by atoms with Crippen LogP contribution in [-0.4, -0.2) is 31.4 Å². The molecule has 3 heteroatoms. The van der Waals surface area contributed by atoms with Crippen molar-refractivity contribution < 1.29 is 4.79 Å². The lowest BCUT2D eigenvalue weighted by molar-refractivity contribution is -0.128. The van der Waals surface area contributed by atoms with E-state index in [2.05, 4.69) is 19.1 Å². The van der Waals surface area contributed by atoms with Gasteiger partial charge in [-0.25, -0.2) is 0 Å². The molecule has 0 aliphatic rings. The Hall–Kier alpha value is -2.29. The first-order chi connectivity index (χ1) is 10.1. The Labute approximate surface area is 126 Å². The summed E-state index contributed by atoms with van der Waals surface area (Å²) in [6, 6.07) is 18.1. The Kier molecular flexibility index (Phi) is 4.99. The van der Waals surface area contributed by atoms with Crippen molar-refractivity contribution in [2.75, 3.05) is 25.5 Å². The molecule has 0 N–H and O–H groups in total. The van der Waals surface area contributed by atoms with E-state index < -0.39 is 0 Å². The van der Waals surface area contributed by atoms with Crippen LogP contribution in [0.1, 0.15) is 11.1 Å². The van der Waals surface area contributed by atoms with Crippen LogP contribution in [0.3, 0.4) is 0 Å². The average Bonchev–Trinajstić information content (AvgIpc) is 2.50. The molecule has 0 aliphatic heterocycles. The van der Waals surface area contributed by atoms with Crippen molar-refractivity contribution in [2.24, 2.45) is 0 Å². The standard InChI is InChI=1S/C18H22N2O/c1-15-9-7-8-10-16(15)13-20(3)18(21)14-19(2)17-11-5-4-6-12-17/h4-12H,13-14H2,1-3H3. The summed E-state index contributed by atoms with van der Waals surface area (Å²) in [6.45, 7) is 3.10. The minimum atomic E-state index is 0.115. The fraction of sp³-hybridized carbons (Fsp3) is 0.278. The number of anilines is 1. The Morgan fingerprint density at radius 3 is 2.24 bits per heavy atom. The highest BCUT2D eigenvalue weighted by Gasteiger charge is 2.13. The molecule has 0 saturated carbocycles. The number of carbonyl (C=O) groups is 1. The molecule has 2 aromatic carbocycles. The third kappa shape index (κ3) is 4.09. The molecule has 0 heterocycles. The van der Waals surface area contributed by atoms with Crippen LogP contribution in [0.5, 0.6) is 0 Å². The van der Waals surface area contributed by atoms with Gasteiger partial charge in [-0.1, -0.05) is 42.5 Å². The van der Waals surface area contributed by atoms with Gasteiger partial charge in [0, 0.05) is 26.3 Å². The van der Waals surface area contributed by atoms with Crippen molar-refractivity contribution in [3.8, 4) is 0 Å². The highest BCUT2D eigenvalue weighted by molar-refractivity contribution is 5.81. The van der Waals surface area contributed by atoms with Gasteiger partial charge in [-0.2, -0.15) is 0 Å². The predicted molar refractivity (Wildman–Crippen MR) is 87.4 cm³/mol. The maximum absolute atomic E-state index is 12.3. The Bertz CT molecular complexity index is 595. The first kappa shape index (κ1) is 15.1. The van der Waals surface area contributed by atoms with Gasteiger partial charge in [-0.3, -0.25) is 4.79 Å². The first-order valence-electron chi connectivity index (χ1n) is 7.12. The van der Waals surface area contributed by atoms with E-state index in [0.717, 1.165) is 5.69 Å². The highest BCUT2D eigenvalue weighted by Crippen LogP contribution is 2.12. The minimum absolute atomic E-state index is 0.115. The number of hydrogen-bond donors (Lipinski definition) is 0. The average molecular weight is 282 g/mol. The molecule has 0 aliphatic carbocycles. The third-order valence-electron chi connectivity index (χ3n) is 3.66. The van der Waals surface area contributed by atoms with Crippen LogP contribution in [0.2, 0.25) is 0 Å². The molecule has 0 atom stereocenters. The molecular weight excluding hydrogens is 260 g/mol. The molecule has 0 saturated heterocycles. The first-order valence-corrected chi connectivity index (χ1v) is 7.12. The molecule has 21 heavy (non-hydrogen) atoms. The molecule has 110 valence electrons. The quantitative estimate of drug-likeness (QED) is 0.841. The number of carbonyl (C=O) groups excluding carboxylic acids is 1. The Morgan fingerprint density at radius 1 is 0.952 bits per heavy atom. The smallest absolute Gasteiger partial charge is 0.242 e. The summed E-state index contributed by atoms with van der Waals surface area (Å²) in [6.07, 6.45) is 0. The molecule has 0 spiro atoms. The fourth-order valence-corrected chi connectivity index (χ4v) is 2.23. The molecular formula is C18H22N2O. The molecule has 2 rings (SSSR count). The fourth-order valence-electron chi connectivity index (χ4n) is 2.23. The lowest BCUT2D eigenvalue weighted by atomic mass is 10.1. The van der Waals surface area contributed by atoms with E-state index in [9.17, 15) is 4.79 Å². The number of amides is 1. The summed E-state index contributed by atoms with van der Waals surface area (Å²) in [5, 5.41) is 0. The van der Waals surface area contributed by atoms with Crippen LogP contribution in [0.4, 0.5) is 5.69 Å². The van der Waals surface area contributed by atoms with Crippen molar-refractivity contribution in [3.63, 3.8) is 0 Å². The van der Waals surface area contributed by atoms with Crippen LogP contribution in [-0.2, 0) is 11.3 Å². The maximum atomic E-state index is 12.3. The number of hydrogen-bond acceptors (Lipinski definition) is 2. The largest absolute Gasteiger partial charge is 0.365 e. The van der Waals surface area contributed by atoms with Gasteiger partial charge in [0.25, 0.3) is 0 Å². The van der Waals surface area contributed by atoms with Crippen LogP contribution in [0, 0.1) is 6.92 Å². The second-order valence-corrected chi connectivity index (χ2v) is 5.37. The van der Waals surface area contributed by atoms with E-state index in [0.29, 0.717) is 13.1 Å². The molecule has 2 aromatic rings. The van der Waals surface area contributed by atoms with Gasteiger partial charge in [0.15, 0.2) is 0 Å². The normalized spacial score (nSPS) is 10.2. The van der Waals surface area contributed by atoms with E-state index >= 15 is 0 Å². The molecule has 0 radical (unpaired) electrons. The lowest BCUT2D eigenvalue weighted by Crippen LogP contribution is -2.36. The molecule has 3 nitrogen and oxygen atoms in total. The SMILES string of the molecule is Cc1ccccc1CN(C)C(=O)CN(C)c1ccccc1. The van der Waals surface area contributed by atoms with Gasteiger partial charge >= 0.3 is 0 Å². The second kappa shape index (κ2) is 6.93. The van der Waals surface area contributed by atoms with Gasteiger partial charge in [0.2, 0.25) is 5.91 Å². The van der Waals surface area contributed by atoms with E-state index in [1.54, 1.807) is 4.90 Å². The van der Waals surface area contributed by atoms with Crippen LogP contribution in [0.25, 0.3) is 0 Å². The number of benzene rings is 2. The molecule has 1 amide bonds. The van der Waals surface area contributed by atoms with Gasteiger partial charge in [-0.15, -0.1) is 0 Å².